The molecule has 0 aliphatic carbocycles. The molecule has 2 rings (SSSR count). The molecule has 0 aliphatic rings. The van der Waals surface area contributed by atoms with E-state index in [0.717, 1.165) is 5.56 Å². The standard InChI is InChI=1S/C15H14N2O4/c1-21-15(20)11-4-2-10(3-5-11)7-17-14(19)12-6-13(18)9-16-8-12/h2-6,8-9,18H,7H2,1H3,(H,17,19). The van der Waals surface area contributed by atoms with Crippen LogP contribution in [0.5, 0.6) is 5.75 Å². The van der Waals surface area contributed by atoms with Crippen molar-refractivity contribution in [3.8, 4) is 5.75 Å². The van der Waals surface area contributed by atoms with E-state index >= 15 is 0 Å². The van der Waals surface area contributed by atoms with E-state index in [2.05, 4.69) is 15.0 Å². The normalized spacial score (nSPS) is 9.95. The molecule has 2 aromatic rings. The van der Waals surface area contributed by atoms with Crippen molar-refractivity contribution in [2.24, 2.45) is 0 Å². The number of rotatable bonds is 4. The Morgan fingerprint density at radius 2 is 1.90 bits per heavy atom. The largest absolute Gasteiger partial charge is 0.506 e. The summed E-state index contributed by atoms with van der Waals surface area (Å²) in [4.78, 5) is 26.9. The Morgan fingerprint density at radius 1 is 1.19 bits per heavy atom. The minimum absolute atomic E-state index is 0.0647. The van der Waals surface area contributed by atoms with Crippen molar-refractivity contribution >= 4 is 11.9 Å². The molecule has 1 heterocycles. The van der Waals surface area contributed by atoms with Gasteiger partial charge in [-0.05, 0) is 23.8 Å². The zero-order valence-electron chi connectivity index (χ0n) is 11.4. The van der Waals surface area contributed by atoms with Gasteiger partial charge < -0.3 is 15.2 Å². The lowest BCUT2D eigenvalue weighted by molar-refractivity contribution is 0.0600. The summed E-state index contributed by atoms with van der Waals surface area (Å²) in [6.07, 6.45) is 2.62. The molecule has 1 amide bonds. The maximum atomic E-state index is 11.9. The summed E-state index contributed by atoms with van der Waals surface area (Å²) in [5.41, 5.74) is 1.56. The number of hydrogen-bond donors (Lipinski definition) is 2. The number of benzene rings is 1. The second-order valence-electron chi connectivity index (χ2n) is 4.30. The van der Waals surface area contributed by atoms with Gasteiger partial charge in [0.05, 0.1) is 24.4 Å². The maximum absolute atomic E-state index is 11.9. The average Bonchev–Trinajstić information content (AvgIpc) is 2.52. The SMILES string of the molecule is COC(=O)c1ccc(CNC(=O)c2cncc(O)c2)cc1. The molecule has 0 atom stereocenters. The fourth-order valence-corrected chi connectivity index (χ4v) is 1.71. The molecule has 0 unspecified atom stereocenters. The van der Waals surface area contributed by atoms with Crippen molar-refractivity contribution in [2.45, 2.75) is 6.54 Å². The topological polar surface area (TPSA) is 88.5 Å². The highest BCUT2D eigenvalue weighted by Gasteiger charge is 2.08. The summed E-state index contributed by atoms with van der Waals surface area (Å²) in [7, 11) is 1.32. The Balaban J connectivity index is 1.97. The van der Waals surface area contributed by atoms with Crippen molar-refractivity contribution < 1.29 is 19.4 Å². The number of methoxy groups -OCH3 is 1. The summed E-state index contributed by atoms with van der Waals surface area (Å²) in [5.74, 6) is -0.808. The number of pyridine rings is 1. The first-order valence-electron chi connectivity index (χ1n) is 6.19. The molecule has 6 nitrogen and oxygen atoms in total. The number of aromatic nitrogens is 1. The third kappa shape index (κ3) is 3.79. The van der Waals surface area contributed by atoms with Crippen molar-refractivity contribution in [2.75, 3.05) is 7.11 Å². The Labute approximate surface area is 121 Å². The van der Waals surface area contributed by atoms with Gasteiger partial charge in [-0.2, -0.15) is 0 Å². The van der Waals surface area contributed by atoms with Crippen LogP contribution in [0, 0.1) is 0 Å². The zero-order chi connectivity index (χ0) is 15.2. The molecule has 6 heteroatoms. The highest BCUT2D eigenvalue weighted by Crippen LogP contribution is 2.09. The molecule has 0 spiro atoms. The second kappa shape index (κ2) is 6.51. The monoisotopic (exact) mass is 286 g/mol. The Bertz CT molecular complexity index is 653. The predicted molar refractivity (Wildman–Crippen MR) is 74.9 cm³/mol. The van der Waals surface area contributed by atoms with Gasteiger partial charge in [0.25, 0.3) is 5.91 Å². The molecule has 21 heavy (non-hydrogen) atoms. The van der Waals surface area contributed by atoms with Gasteiger partial charge in [-0.15, -0.1) is 0 Å². The maximum Gasteiger partial charge on any atom is 0.337 e. The lowest BCUT2D eigenvalue weighted by atomic mass is 10.1. The molecule has 2 N–H and O–H groups in total. The Hall–Kier alpha value is -2.89. The van der Waals surface area contributed by atoms with Gasteiger partial charge in [0.15, 0.2) is 0 Å². The molecule has 108 valence electrons. The van der Waals surface area contributed by atoms with Gasteiger partial charge in [0, 0.05) is 12.7 Å². The van der Waals surface area contributed by atoms with Crippen LogP contribution in [-0.2, 0) is 11.3 Å². The van der Waals surface area contributed by atoms with Crippen LogP contribution in [0.25, 0.3) is 0 Å². The third-order valence-corrected chi connectivity index (χ3v) is 2.81. The number of hydrogen-bond acceptors (Lipinski definition) is 5. The number of aromatic hydroxyl groups is 1. The van der Waals surface area contributed by atoms with Gasteiger partial charge >= 0.3 is 5.97 Å². The number of nitrogens with one attached hydrogen (secondary N) is 1. The van der Waals surface area contributed by atoms with Crippen molar-refractivity contribution in [1.29, 1.82) is 0 Å². The predicted octanol–water partition coefficient (Wildman–Crippen LogP) is 1.50. The van der Waals surface area contributed by atoms with Crippen LogP contribution in [0.1, 0.15) is 26.3 Å². The number of ether oxygens (including phenoxy) is 1. The van der Waals surface area contributed by atoms with Crippen molar-refractivity contribution in [3.05, 3.63) is 59.4 Å². The highest BCUT2D eigenvalue weighted by atomic mass is 16.5. The van der Waals surface area contributed by atoms with Crippen LogP contribution in [0.2, 0.25) is 0 Å². The number of carbonyl (C=O) groups excluding carboxylic acids is 2. The van der Waals surface area contributed by atoms with Crippen LogP contribution in [0.4, 0.5) is 0 Å². The smallest absolute Gasteiger partial charge is 0.337 e. The van der Waals surface area contributed by atoms with E-state index in [1.807, 2.05) is 0 Å². The molecular weight excluding hydrogens is 272 g/mol. The first-order chi connectivity index (χ1) is 10.1. The van der Waals surface area contributed by atoms with E-state index in [9.17, 15) is 14.7 Å². The quantitative estimate of drug-likeness (QED) is 0.832. The Morgan fingerprint density at radius 3 is 2.52 bits per heavy atom. The summed E-state index contributed by atoms with van der Waals surface area (Å²) < 4.78 is 4.60. The molecule has 0 saturated carbocycles. The second-order valence-corrected chi connectivity index (χ2v) is 4.30. The van der Waals surface area contributed by atoms with Gasteiger partial charge in [-0.1, -0.05) is 12.1 Å². The van der Waals surface area contributed by atoms with Crippen LogP contribution in [0.3, 0.4) is 0 Å². The van der Waals surface area contributed by atoms with Gasteiger partial charge in [-0.3, -0.25) is 9.78 Å². The van der Waals surface area contributed by atoms with E-state index in [4.69, 9.17) is 0 Å². The molecule has 0 fully saturated rings. The average molecular weight is 286 g/mol. The van der Waals surface area contributed by atoms with Gasteiger partial charge in [0.2, 0.25) is 0 Å². The molecule has 1 aromatic carbocycles. The third-order valence-electron chi connectivity index (χ3n) is 2.81. The van der Waals surface area contributed by atoms with E-state index < -0.39 is 5.97 Å². The van der Waals surface area contributed by atoms with Crippen LogP contribution in [-0.4, -0.2) is 29.1 Å². The highest BCUT2D eigenvalue weighted by molar-refractivity contribution is 5.94. The summed E-state index contributed by atoms with van der Waals surface area (Å²) in [6, 6.07) is 8.05. The minimum Gasteiger partial charge on any atom is -0.506 e. The van der Waals surface area contributed by atoms with Crippen LogP contribution < -0.4 is 5.32 Å². The van der Waals surface area contributed by atoms with Gasteiger partial charge in [-0.25, -0.2) is 4.79 Å². The van der Waals surface area contributed by atoms with Crippen LogP contribution >= 0.6 is 0 Å². The lowest BCUT2D eigenvalue weighted by Crippen LogP contribution is -2.22. The molecule has 0 saturated heterocycles. The fraction of sp³-hybridized carbons (Fsp3) is 0.133. The molecule has 0 bridgehead atoms. The van der Waals surface area contributed by atoms with E-state index in [1.165, 1.54) is 25.6 Å². The van der Waals surface area contributed by atoms with Crippen LogP contribution in [0.15, 0.2) is 42.7 Å². The Kier molecular flexibility index (Phi) is 4.50. The minimum atomic E-state index is -0.406. The van der Waals surface area contributed by atoms with Crippen molar-refractivity contribution in [1.82, 2.24) is 10.3 Å². The molecule has 0 aliphatic heterocycles. The number of carbonyl (C=O) groups is 2. The first kappa shape index (κ1) is 14.5. The number of nitrogens with zero attached hydrogens (tertiary/aromatic N) is 1. The summed E-state index contributed by atoms with van der Waals surface area (Å²) in [6.45, 7) is 0.302. The summed E-state index contributed by atoms with van der Waals surface area (Å²) in [5, 5.41) is 12.0. The van der Waals surface area contributed by atoms with Crippen molar-refractivity contribution in [3.63, 3.8) is 0 Å². The lowest BCUT2D eigenvalue weighted by Gasteiger charge is -2.06. The molecule has 0 radical (unpaired) electrons. The van der Waals surface area contributed by atoms with E-state index in [0.29, 0.717) is 12.1 Å². The zero-order valence-corrected chi connectivity index (χ0v) is 11.4. The van der Waals surface area contributed by atoms with E-state index in [-0.39, 0.29) is 17.2 Å². The molecular formula is C15H14N2O4. The fourth-order valence-electron chi connectivity index (χ4n) is 1.71. The number of esters is 1. The number of amides is 1. The summed E-state index contributed by atoms with van der Waals surface area (Å²) >= 11 is 0. The molecule has 1 aromatic heterocycles. The van der Waals surface area contributed by atoms with Gasteiger partial charge in [0.1, 0.15) is 5.75 Å². The van der Waals surface area contributed by atoms with E-state index in [1.54, 1.807) is 24.3 Å². The first-order valence-corrected chi connectivity index (χ1v) is 6.19.